The van der Waals surface area contributed by atoms with E-state index in [1.54, 1.807) is 11.1 Å². The van der Waals surface area contributed by atoms with Gasteiger partial charge in [0, 0.05) is 53.1 Å². The highest BCUT2D eigenvalue weighted by atomic mass is 35.5. The fourth-order valence-electron chi connectivity index (χ4n) is 4.07. The zero-order valence-corrected chi connectivity index (χ0v) is 18.9. The highest BCUT2D eigenvalue weighted by molar-refractivity contribution is 6.30. The number of halogens is 1. The zero-order chi connectivity index (χ0) is 22.7. The molecule has 0 saturated carbocycles. The van der Waals surface area contributed by atoms with Crippen LogP contribution in [0.2, 0.25) is 5.02 Å². The van der Waals surface area contributed by atoms with Crippen LogP contribution in [0.25, 0.3) is 22.5 Å². The van der Waals surface area contributed by atoms with Gasteiger partial charge in [-0.1, -0.05) is 23.7 Å². The van der Waals surface area contributed by atoms with Gasteiger partial charge in [-0.15, -0.1) is 0 Å². The Kier molecular flexibility index (Phi) is 6.72. The number of anilines is 1. The maximum atomic E-state index is 11.9. The summed E-state index contributed by atoms with van der Waals surface area (Å²) in [4.78, 5) is 22.7. The van der Waals surface area contributed by atoms with E-state index in [2.05, 4.69) is 20.5 Å². The van der Waals surface area contributed by atoms with E-state index in [0.717, 1.165) is 41.1 Å². The Morgan fingerprint density at radius 3 is 2.62 bits per heavy atom. The molecule has 0 bridgehead atoms. The molecule has 8 nitrogen and oxygen atoms in total. The summed E-state index contributed by atoms with van der Waals surface area (Å²) in [6.07, 6.45) is 3.31. The van der Waals surface area contributed by atoms with Crippen LogP contribution in [0.4, 0.5) is 5.95 Å². The van der Waals surface area contributed by atoms with Crippen LogP contribution in [-0.4, -0.2) is 61.8 Å². The van der Waals surface area contributed by atoms with Gasteiger partial charge in [0.05, 0.1) is 5.69 Å². The van der Waals surface area contributed by atoms with E-state index >= 15 is 0 Å². The maximum Gasteiger partial charge on any atom is 0.248 e. The number of H-pyrrole nitrogens is 1. The Hall–Kier alpha value is -2.97. The van der Waals surface area contributed by atoms with Crippen LogP contribution in [0, 0.1) is 0 Å². The number of benzene rings is 1. The highest BCUT2D eigenvalue weighted by Gasteiger charge is 2.29. The zero-order valence-electron chi connectivity index (χ0n) is 18.2. The number of aromatic amines is 1. The molecule has 168 valence electrons. The number of aliphatic hydroxyl groups excluding tert-OH is 1. The molecule has 1 aliphatic rings. The number of nitrogens with one attached hydrogen (secondary N) is 2. The van der Waals surface area contributed by atoms with E-state index in [-0.39, 0.29) is 17.9 Å². The van der Waals surface area contributed by atoms with Crippen LogP contribution in [0.1, 0.15) is 38.3 Å². The second-order valence-electron chi connectivity index (χ2n) is 8.25. The molecule has 0 unspecified atom stereocenters. The third-order valence-electron chi connectivity index (χ3n) is 5.63. The number of aromatic nitrogens is 4. The first-order valence-electron chi connectivity index (χ1n) is 10.8. The quantitative estimate of drug-likeness (QED) is 0.524. The lowest BCUT2D eigenvalue weighted by atomic mass is 9.89. The molecule has 4 rings (SSSR count). The Balaban J connectivity index is 1.73. The van der Waals surface area contributed by atoms with E-state index in [4.69, 9.17) is 21.7 Å². The summed E-state index contributed by atoms with van der Waals surface area (Å²) in [5.74, 6) is 0.531. The molecule has 0 atom stereocenters. The molecule has 3 heterocycles. The predicted molar refractivity (Wildman–Crippen MR) is 124 cm³/mol. The van der Waals surface area contributed by atoms with Crippen molar-refractivity contribution >= 4 is 23.5 Å². The number of carbonyl (C=O) groups excluding carboxylic acids is 1. The van der Waals surface area contributed by atoms with Crippen LogP contribution >= 0.6 is 11.6 Å². The third-order valence-corrected chi connectivity index (χ3v) is 5.88. The molecule has 0 spiro atoms. The van der Waals surface area contributed by atoms with Gasteiger partial charge in [-0.05, 0) is 44.9 Å². The van der Waals surface area contributed by atoms with E-state index in [9.17, 15) is 4.79 Å². The minimum Gasteiger partial charge on any atom is -0.387 e. The normalized spacial score (nSPS) is 14.7. The Morgan fingerprint density at radius 2 is 1.97 bits per heavy atom. The van der Waals surface area contributed by atoms with E-state index < -0.39 is 6.61 Å². The van der Waals surface area contributed by atoms with Crippen molar-refractivity contribution in [3.8, 4) is 22.5 Å². The second-order valence-corrected chi connectivity index (χ2v) is 8.68. The van der Waals surface area contributed by atoms with E-state index in [1.165, 1.54) is 0 Å². The summed E-state index contributed by atoms with van der Waals surface area (Å²) in [6.45, 7) is 4.83. The second kappa shape index (κ2) is 9.67. The van der Waals surface area contributed by atoms with Crippen molar-refractivity contribution in [3.63, 3.8) is 0 Å². The van der Waals surface area contributed by atoms with Crippen molar-refractivity contribution in [2.45, 2.75) is 38.6 Å². The summed E-state index contributed by atoms with van der Waals surface area (Å²) >= 11 is 6.10. The smallest absolute Gasteiger partial charge is 0.248 e. The number of nitrogens with zero attached hydrogens (tertiary/aromatic N) is 4. The number of aliphatic hydroxyl groups is 1. The maximum absolute atomic E-state index is 11.9. The third kappa shape index (κ3) is 4.76. The molecule has 32 heavy (non-hydrogen) atoms. The van der Waals surface area contributed by atoms with Crippen molar-refractivity contribution in [1.29, 1.82) is 0 Å². The first-order chi connectivity index (χ1) is 15.5. The molecule has 0 aliphatic carbocycles. The number of hydrogen-bond donors (Lipinski definition) is 3. The lowest BCUT2D eigenvalue weighted by Gasteiger charge is -2.31. The van der Waals surface area contributed by atoms with Crippen LogP contribution in [0.5, 0.6) is 0 Å². The minimum absolute atomic E-state index is 0.192. The summed E-state index contributed by atoms with van der Waals surface area (Å²) < 4.78 is 0. The first-order valence-corrected chi connectivity index (χ1v) is 11.2. The molecule has 3 N–H and O–H groups in total. The fourth-order valence-corrected chi connectivity index (χ4v) is 4.20. The summed E-state index contributed by atoms with van der Waals surface area (Å²) in [5, 5.41) is 21.0. The fraction of sp³-hybridized carbons (Fsp3) is 0.391. The molecule has 1 amide bonds. The Morgan fingerprint density at radius 1 is 1.25 bits per heavy atom. The minimum atomic E-state index is -0.451. The number of amides is 1. The SMILES string of the molecule is CC(C)Nc1nccc(-c2c(-c3ccc(Cl)cc3)n[nH]c2C2CCN(C(=O)CO)CC2)n1. The standard InChI is InChI=1S/C23H27ClN6O2/c1-14(2)26-23-25-10-7-18(27-23)20-21(15-3-5-17(24)6-4-15)28-29-22(20)16-8-11-30(12-9-16)19(32)13-31/h3-7,10,14,16,31H,8-9,11-13H2,1-2H3,(H,28,29)(H,25,26,27). The molecule has 3 aromatic rings. The topological polar surface area (TPSA) is 107 Å². The van der Waals surface area contributed by atoms with Gasteiger partial charge in [-0.25, -0.2) is 9.97 Å². The van der Waals surface area contributed by atoms with Gasteiger partial charge in [0.2, 0.25) is 11.9 Å². The van der Waals surface area contributed by atoms with Crippen LogP contribution in [0.15, 0.2) is 36.5 Å². The van der Waals surface area contributed by atoms with Gasteiger partial charge in [0.1, 0.15) is 12.3 Å². The molecular formula is C23H27ClN6O2. The largest absolute Gasteiger partial charge is 0.387 e. The van der Waals surface area contributed by atoms with Gasteiger partial charge in [0.25, 0.3) is 0 Å². The van der Waals surface area contributed by atoms with Crippen molar-refractivity contribution in [1.82, 2.24) is 25.1 Å². The van der Waals surface area contributed by atoms with Gasteiger partial charge < -0.3 is 15.3 Å². The molecule has 0 radical (unpaired) electrons. The average Bonchev–Trinajstić information content (AvgIpc) is 3.24. The van der Waals surface area contributed by atoms with Gasteiger partial charge >= 0.3 is 0 Å². The Bertz CT molecular complexity index is 1070. The number of likely N-dealkylation sites (tertiary alicyclic amines) is 1. The predicted octanol–water partition coefficient (Wildman–Crippen LogP) is 3.71. The van der Waals surface area contributed by atoms with E-state index in [0.29, 0.717) is 24.1 Å². The summed E-state index contributed by atoms with van der Waals surface area (Å²) in [5.41, 5.74) is 4.47. The number of rotatable bonds is 6. The molecule has 9 heteroatoms. The number of carbonyl (C=O) groups is 1. The molecule has 2 aromatic heterocycles. The van der Waals surface area contributed by atoms with Gasteiger partial charge in [-0.2, -0.15) is 5.10 Å². The molecule has 1 aromatic carbocycles. The van der Waals surface area contributed by atoms with Crippen molar-refractivity contribution in [2.75, 3.05) is 25.0 Å². The molecule has 1 fully saturated rings. The summed E-state index contributed by atoms with van der Waals surface area (Å²) in [7, 11) is 0. The van der Waals surface area contributed by atoms with E-state index in [1.807, 2.05) is 44.2 Å². The van der Waals surface area contributed by atoms with Gasteiger partial charge in [0.15, 0.2) is 0 Å². The van der Waals surface area contributed by atoms with Crippen molar-refractivity contribution in [3.05, 3.63) is 47.2 Å². The molecule has 1 aliphatic heterocycles. The lowest BCUT2D eigenvalue weighted by molar-refractivity contribution is -0.135. The molecular weight excluding hydrogens is 428 g/mol. The highest BCUT2D eigenvalue weighted by Crippen LogP contribution is 2.39. The summed E-state index contributed by atoms with van der Waals surface area (Å²) in [6, 6.07) is 9.69. The Labute approximate surface area is 192 Å². The first kappa shape index (κ1) is 22.2. The lowest BCUT2D eigenvalue weighted by Crippen LogP contribution is -2.39. The van der Waals surface area contributed by atoms with Crippen LogP contribution in [0.3, 0.4) is 0 Å². The molecule has 1 saturated heterocycles. The van der Waals surface area contributed by atoms with Gasteiger partial charge in [-0.3, -0.25) is 9.89 Å². The van der Waals surface area contributed by atoms with Crippen LogP contribution in [-0.2, 0) is 4.79 Å². The number of piperidine rings is 1. The monoisotopic (exact) mass is 454 g/mol. The van der Waals surface area contributed by atoms with Crippen molar-refractivity contribution < 1.29 is 9.90 Å². The number of hydrogen-bond acceptors (Lipinski definition) is 6. The average molecular weight is 455 g/mol. The van der Waals surface area contributed by atoms with Crippen molar-refractivity contribution in [2.24, 2.45) is 0 Å². The van der Waals surface area contributed by atoms with Crippen LogP contribution < -0.4 is 5.32 Å².